The van der Waals surface area contributed by atoms with Crippen LogP contribution in [-0.2, 0) is 9.53 Å². The van der Waals surface area contributed by atoms with Crippen molar-refractivity contribution >= 4 is 28.6 Å². The molecule has 0 saturated heterocycles. The minimum Gasteiger partial charge on any atom is -1.00 e. The average molecular weight is 441 g/mol. The number of carbonyl (C=O) groups is 1. The lowest BCUT2D eigenvalue weighted by molar-refractivity contribution is -0.919. The van der Waals surface area contributed by atoms with Crippen LogP contribution in [0, 0.1) is 0 Å². The maximum Gasteiger partial charge on any atom is 0.306 e. The molecule has 0 aromatic heterocycles. The Kier molecular flexibility index (Phi) is 8.84. The summed E-state index contributed by atoms with van der Waals surface area (Å²) in [6.45, 7) is 4.68. The van der Waals surface area contributed by atoms with E-state index in [9.17, 15) is 4.79 Å². The summed E-state index contributed by atoms with van der Waals surface area (Å²) in [6.07, 6.45) is 0.508. The van der Waals surface area contributed by atoms with Gasteiger partial charge < -0.3 is 33.2 Å². The lowest BCUT2D eigenvalue weighted by atomic mass is 10.0. The Bertz CT molecular complexity index is 200. The van der Waals surface area contributed by atoms with E-state index in [2.05, 4.69) is 57.6 Å². The number of hydrogen-bond donors (Lipinski definition) is 0. The molecule has 0 aromatic rings. The Labute approximate surface area is 124 Å². The number of likely N-dealkylation sites (N-methyl/N-ethyl adjacent to an activating group) is 1. The maximum atomic E-state index is 11.2. The second-order valence-corrected chi connectivity index (χ2v) is 6.00. The summed E-state index contributed by atoms with van der Waals surface area (Å²) in [4.78, 5) is 11.2. The van der Waals surface area contributed by atoms with E-state index in [1.807, 2.05) is 0 Å². The molecule has 0 heterocycles. The Morgan fingerprint density at radius 3 is 2.13 bits per heavy atom. The quantitative estimate of drug-likeness (QED) is 0.233. The van der Waals surface area contributed by atoms with Crippen LogP contribution in [0.4, 0.5) is 0 Å². The standard InChI is InChI=1S/C10H21INO2.HI/c1-10(2,12(3,4)5)8-14-9(13)6-7-11;/h6-8H2,1-5H3;1H/q+1;/p-1. The van der Waals surface area contributed by atoms with Crippen molar-refractivity contribution in [1.82, 2.24) is 0 Å². The molecule has 0 aliphatic rings. The highest BCUT2D eigenvalue weighted by Crippen LogP contribution is 2.17. The minimum absolute atomic E-state index is 0. The number of alkyl halides is 1. The van der Waals surface area contributed by atoms with Crippen LogP contribution in [0.1, 0.15) is 20.3 Å². The van der Waals surface area contributed by atoms with Crippen LogP contribution in [0.2, 0.25) is 0 Å². The lowest BCUT2D eigenvalue weighted by Crippen LogP contribution is -3.00. The summed E-state index contributed by atoms with van der Waals surface area (Å²) < 4.78 is 6.82. The van der Waals surface area contributed by atoms with Crippen molar-refractivity contribution in [2.24, 2.45) is 0 Å². The van der Waals surface area contributed by atoms with Gasteiger partial charge in [-0.3, -0.25) is 4.79 Å². The molecule has 0 aliphatic carbocycles. The van der Waals surface area contributed by atoms with Gasteiger partial charge in [-0.1, -0.05) is 22.6 Å². The summed E-state index contributed by atoms with van der Waals surface area (Å²) in [6, 6.07) is 0. The molecule has 0 spiro atoms. The molecule has 5 heteroatoms. The summed E-state index contributed by atoms with van der Waals surface area (Å²) in [5, 5.41) is 0. The van der Waals surface area contributed by atoms with Gasteiger partial charge in [-0.2, -0.15) is 0 Å². The number of esters is 1. The van der Waals surface area contributed by atoms with Gasteiger partial charge >= 0.3 is 5.97 Å². The van der Waals surface area contributed by atoms with E-state index in [0.29, 0.717) is 13.0 Å². The molecule has 0 N–H and O–H groups in total. The smallest absolute Gasteiger partial charge is 0.306 e. The first-order valence-electron chi connectivity index (χ1n) is 4.74. The van der Waals surface area contributed by atoms with Gasteiger partial charge in [0.15, 0.2) is 0 Å². The summed E-state index contributed by atoms with van der Waals surface area (Å²) in [5.41, 5.74) is -0.0407. The van der Waals surface area contributed by atoms with E-state index < -0.39 is 0 Å². The van der Waals surface area contributed by atoms with Gasteiger partial charge in [-0.25, -0.2) is 0 Å². The van der Waals surface area contributed by atoms with Crippen LogP contribution in [-0.4, -0.2) is 48.2 Å². The summed E-state index contributed by atoms with van der Waals surface area (Å²) in [5.74, 6) is -0.0964. The molecule has 0 atom stereocenters. The second kappa shape index (κ2) is 7.26. The fourth-order valence-electron chi connectivity index (χ4n) is 0.600. The molecule has 0 unspecified atom stereocenters. The Balaban J connectivity index is 0. The predicted octanol–water partition coefficient (Wildman–Crippen LogP) is -1.16. The third-order valence-electron chi connectivity index (χ3n) is 2.70. The fraction of sp³-hybridized carbons (Fsp3) is 0.900. The number of ether oxygens (including phenoxy) is 1. The van der Waals surface area contributed by atoms with Gasteiger partial charge in [0, 0.05) is 4.43 Å². The maximum absolute atomic E-state index is 11.2. The molecule has 0 saturated carbocycles. The Morgan fingerprint density at radius 2 is 1.80 bits per heavy atom. The topological polar surface area (TPSA) is 26.3 Å². The molecule has 0 aliphatic heterocycles. The van der Waals surface area contributed by atoms with Gasteiger partial charge in [-0.05, 0) is 13.8 Å². The van der Waals surface area contributed by atoms with Crippen LogP contribution in [0.15, 0.2) is 0 Å². The van der Waals surface area contributed by atoms with Crippen LogP contribution in [0.3, 0.4) is 0 Å². The van der Waals surface area contributed by atoms with E-state index >= 15 is 0 Å². The SMILES string of the molecule is CC(C)(COC(=O)CCI)[N+](C)(C)C.[I-]. The van der Waals surface area contributed by atoms with Crippen molar-refractivity contribution in [3.05, 3.63) is 0 Å². The van der Waals surface area contributed by atoms with Gasteiger partial charge in [-0.15, -0.1) is 0 Å². The molecule has 0 bridgehead atoms. The molecule has 0 amide bonds. The molecule has 92 valence electrons. The monoisotopic (exact) mass is 441 g/mol. The van der Waals surface area contributed by atoms with Crippen molar-refractivity contribution in [3.63, 3.8) is 0 Å². The largest absolute Gasteiger partial charge is 1.00 e. The van der Waals surface area contributed by atoms with E-state index in [1.54, 1.807) is 0 Å². The van der Waals surface area contributed by atoms with Gasteiger partial charge in [0.2, 0.25) is 0 Å². The van der Waals surface area contributed by atoms with Crippen LogP contribution in [0.25, 0.3) is 0 Å². The number of quaternary nitrogens is 1. The first-order valence-corrected chi connectivity index (χ1v) is 6.26. The molecule has 0 rings (SSSR count). The van der Waals surface area contributed by atoms with E-state index in [0.717, 1.165) is 8.91 Å². The van der Waals surface area contributed by atoms with Crippen LogP contribution >= 0.6 is 22.6 Å². The van der Waals surface area contributed by atoms with E-state index in [1.165, 1.54) is 0 Å². The highest BCUT2D eigenvalue weighted by Gasteiger charge is 2.34. The Hall–Kier alpha value is 0.890. The lowest BCUT2D eigenvalue weighted by Gasteiger charge is -2.40. The summed E-state index contributed by atoms with van der Waals surface area (Å²) in [7, 11) is 6.31. The highest BCUT2D eigenvalue weighted by atomic mass is 127. The van der Waals surface area contributed by atoms with Crippen molar-refractivity contribution in [2.75, 3.05) is 32.2 Å². The zero-order valence-electron chi connectivity index (χ0n) is 10.1. The first-order chi connectivity index (χ1) is 6.20. The van der Waals surface area contributed by atoms with Crippen LogP contribution in [0.5, 0.6) is 0 Å². The number of halogens is 2. The van der Waals surface area contributed by atoms with Gasteiger partial charge in [0.25, 0.3) is 0 Å². The summed E-state index contributed by atoms with van der Waals surface area (Å²) >= 11 is 2.17. The third kappa shape index (κ3) is 6.93. The van der Waals surface area contributed by atoms with Gasteiger partial charge in [0.05, 0.1) is 27.6 Å². The average Bonchev–Trinajstić information content (AvgIpc) is 1.99. The van der Waals surface area contributed by atoms with Crippen molar-refractivity contribution in [1.29, 1.82) is 0 Å². The fourth-order valence-corrected chi connectivity index (χ4v) is 1.04. The molecular weight excluding hydrogens is 420 g/mol. The molecule has 0 aromatic carbocycles. The van der Waals surface area contributed by atoms with E-state index in [4.69, 9.17) is 4.74 Å². The van der Waals surface area contributed by atoms with Crippen molar-refractivity contribution in [2.45, 2.75) is 25.8 Å². The first kappa shape index (κ1) is 18.3. The van der Waals surface area contributed by atoms with Gasteiger partial charge in [0.1, 0.15) is 12.1 Å². The van der Waals surface area contributed by atoms with Crippen LogP contribution < -0.4 is 24.0 Å². The highest BCUT2D eigenvalue weighted by molar-refractivity contribution is 14.1. The van der Waals surface area contributed by atoms with E-state index in [-0.39, 0.29) is 35.5 Å². The molecule has 0 radical (unpaired) electrons. The van der Waals surface area contributed by atoms with Crippen molar-refractivity contribution < 1.29 is 38.0 Å². The number of nitrogens with zero attached hydrogens (tertiary/aromatic N) is 1. The number of carbonyl (C=O) groups excluding carboxylic acids is 1. The third-order valence-corrected chi connectivity index (χ3v) is 3.24. The zero-order chi connectivity index (χ0) is 11.4. The number of hydrogen-bond acceptors (Lipinski definition) is 2. The molecule has 0 fully saturated rings. The minimum atomic E-state index is -0.0964. The number of rotatable bonds is 5. The molecule has 3 nitrogen and oxygen atoms in total. The zero-order valence-corrected chi connectivity index (χ0v) is 14.5. The second-order valence-electron chi connectivity index (χ2n) is 4.92. The Morgan fingerprint density at radius 1 is 1.33 bits per heavy atom. The molecular formula is C10H21I2NO2. The normalized spacial score (nSPS) is 11.9. The molecule has 15 heavy (non-hydrogen) atoms. The van der Waals surface area contributed by atoms with Crippen molar-refractivity contribution in [3.8, 4) is 0 Å². The predicted molar refractivity (Wildman–Crippen MR) is 66.6 cm³/mol.